The first kappa shape index (κ1) is 89.1. The zero-order valence-corrected chi connectivity index (χ0v) is 61.1. The third-order valence-electron chi connectivity index (χ3n) is 16.6. The first-order valence-electron chi connectivity index (χ1n) is 37.3. The zero-order valence-electron chi connectivity index (χ0n) is 59.3. The molecule has 0 saturated heterocycles. The van der Waals surface area contributed by atoms with Crippen molar-refractivity contribution in [1.29, 1.82) is 0 Å². The van der Waals surface area contributed by atoms with Crippen LogP contribution in [0.25, 0.3) is 0 Å². The van der Waals surface area contributed by atoms with Gasteiger partial charge in [-0.1, -0.05) is 312 Å². The Morgan fingerprint density at radius 1 is 0.297 bits per heavy atom. The van der Waals surface area contributed by atoms with Crippen LogP contribution < -0.4 is 0 Å². The quantitative estimate of drug-likeness (QED) is 0.0222. The predicted molar refractivity (Wildman–Crippen MR) is 368 cm³/mol. The number of aliphatic hydroxyl groups is 1. The third-order valence-corrected chi connectivity index (χ3v) is 18.5. The van der Waals surface area contributed by atoms with Crippen LogP contribution in [0.2, 0.25) is 0 Å². The van der Waals surface area contributed by atoms with Crippen molar-refractivity contribution in [3.05, 3.63) is 0 Å². The molecule has 0 aromatic heterocycles. The molecule has 3 N–H and O–H groups in total. The van der Waals surface area contributed by atoms with E-state index in [-0.39, 0.29) is 25.7 Å². The second-order valence-corrected chi connectivity index (χ2v) is 30.3. The average molecular weight is 1340 g/mol. The van der Waals surface area contributed by atoms with Crippen LogP contribution in [0.1, 0.15) is 363 Å². The van der Waals surface area contributed by atoms with Gasteiger partial charge in [0, 0.05) is 25.7 Å². The van der Waals surface area contributed by atoms with E-state index in [1.54, 1.807) is 0 Å². The summed E-state index contributed by atoms with van der Waals surface area (Å²) in [4.78, 5) is 72.6. The number of esters is 4. The summed E-state index contributed by atoms with van der Waals surface area (Å²) in [6.45, 7) is 11.8. The minimum Gasteiger partial charge on any atom is -0.462 e. The van der Waals surface area contributed by atoms with Gasteiger partial charge in [-0.05, 0) is 43.4 Å². The van der Waals surface area contributed by atoms with Gasteiger partial charge < -0.3 is 33.8 Å². The van der Waals surface area contributed by atoms with E-state index in [4.69, 9.17) is 37.0 Å². The molecule has 0 aromatic carbocycles. The van der Waals surface area contributed by atoms with Crippen molar-refractivity contribution in [1.82, 2.24) is 0 Å². The molecule has 19 heteroatoms. The molecule has 0 saturated carbocycles. The highest BCUT2D eigenvalue weighted by Crippen LogP contribution is 2.45. The van der Waals surface area contributed by atoms with E-state index in [1.807, 2.05) is 0 Å². The maximum absolute atomic E-state index is 13.0. The van der Waals surface area contributed by atoms with Crippen molar-refractivity contribution >= 4 is 39.5 Å². The maximum atomic E-state index is 13.0. The standard InChI is InChI=1S/C72H140O17P2/c1-8-9-10-11-12-22-32-39-46-53-69(74)82-59-68(89-72(77)56-49-42-35-28-27-31-38-45-52-65(6)7)62-87-91(80,81)85-58-66(73)57-84-90(78,79)86-61-67(60-83-70(75)54-47-40-33-25-21-20-24-30-37-44-51-64(4)5)88-71(76)55-48-41-34-26-19-17-15-13-14-16-18-23-29-36-43-50-63(2)3/h63-68,73H,8-62H2,1-7H3,(H,78,79)(H,80,81)/t66-,67-,68-/m1/s1. The molecule has 0 bridgehead atoms. The molecule has 91 heavy (non-hydrogen) atoms. The van der Waals surface area contributed by atoms with Crippen LogP contribution in [0.4, 0.5) is 0 Å². The number of rotatable bonds is 70. The highest BCUT2D eigenvalue weighted by Gasteiger charge is 2.30. The van der Waals surface area contributed by atoms with Crippen molar-refractivity contribution < 1.29 is 80.2 Å². The number of carbonyl (C=O) groups is 4. The van der Waals surface area contributed by atoms with Crippen LogP contribution in [-0.4, -0.2) is 96.7 Å². The molecule has 0 aliphatic rings. The molecule has 0 aromatic rings. The summed E-state index contributed by atoms with van der Waals surface area (Å²) in [6.07, 6.45) is 47.2. The van der Waals surface area contributed by atoms with E-state index < -0.39 is 97.5 Å². The van der Waals surface area contributed by atoms with Crippen LogP contribution in [0.5, 0.6) is 0 Å². The van der Waals surface area contributed by atoms with Crippen molar-refractivity contribution in [2.24, 2.45) is 17.8 Å². The number of ether oxygens (including phenoxy) is 4. The minimum absolute atomic E-state index is 0.104. The Bertz CT molecular complexity index is 1780. The molecular formula is C72H140O17P2. The van der Waals surface area contributed by atoms with E-state index in [1.165, 1.54) is 173 Å². The summed E-state index contributed by atoms with van der Waals surface area (Å²) in [7, 11) is -9.90. The molecule has 17 nitrogen and oxygen atoms in total. The SMILES string of the molecule is CCCCCCCCCCCC(=O)OC[C@H](COP(=O)(O)OC[C@H](O)COP(=O)(O)OC[C@@H](COC(=O)CCCCCCCCCCCCC(C)C)OC(=O)CCCCCCCCCCCCCCCCCC(C)C)OC(=O)CCCCCCCCCCC(C)C. The smallest absolute Gasteiger partial charge is 0.462 e. The Morgan fingerprint density at radius 3 is 0.747 bits per heavy atom. The van der Waals surface area contributed by atoms with Gasteiger partial charge in [-0.3, -0.25) is 37.3 Å². The lowest BCUT2D eigenvalue weighted by Crippen LogP contribution is -2.30. The van der Waals surface area contributed by atoms with E-state index in [9.17, 15) is 43.2 Å². The van der Waals surface area contributed by atoms with Gasteiger partial charge in [0.05, 0.1) is 26.4 Å². The Labute approximate surface area is 556 Å². The summed E-state index contributed by atoms with van der Waals surface area (Å²) >= 11 is 0. The number of phosphoric acid groups is 2. The Balaban J connectivity index is 5.22. The lowest BCUT2D eigenvalue weighted by Gasteiger charge is -2.21. The fraction of sp³-hybridized carbons (Fsp3) is 0.944. The number of carbonyl (C=O) groups excluding carboxylic acids is 4. The zero-order chi connectivity index (χ0) is 67.3. The van der Waals surface area contributed by atoms with Gasteiger partial charge in [-0.2, -0.15) is 0 Å². The predicted octanol–water partition coefficient (Wildman–Crippen LogP) is 20.6. The molecule has 540 valence electrons. The molecule has 0 radical (unpaired) electrons. The van der Waals surface area contributed by atoms with E-state index in [0.717, 1.165) is 108 Å². The molecule has 0 aliphatic carbocycles. The Kier molecular flexibility index (Phi) is 61.5. The maximum Gasteiger partial charge on any atom is 0.472 e. The molecule has 0 heterocycles. The van der Waals surface area contributed by atoms with Crippen LogP contribution in [0.3, 0.4) is 0 Å². The lowest BCUT2D eigenvalue weighted by molar-refractivity contribution is -0.161. The molecule has 0 spiro atoms. The number of hydrogen-bond acceptors (Lipinski definition) is 15. The summed E-state index contributed by atoms with van der Waals surface area (Å²) < 4.78 is 68.3. The first-order chi connectivity index (χ1) is 43.7. The topological polar surface area (TPSA) is 237 Å². The van der Waals surface area contributed by atoms with Gasteiger partial charge >= 0.3 is 39.5 Å². The molecule has 5 atom stereocenters. The number of unbranched alkanes of at least 4 members (excludes halogenated alkanes) is 38. The highest BCUT2D eigenvalue weighted by molar-refractivity contribution is 7.47. The average Bonchev–Trinajstić information content (AvgIpc) is 3.26. The number of phosphoric ester groups is 2. The normalized spacial score (nSPS) is 14.2. The van der Waals surface area contributed by atoms with Gasteiger partial charge in [0.1, 0.15) is 19.3 Å². The molecule has 0 fully saturated rings. The first-order valence-corrected chi connectivity index (χ1v) is 40.3. The van der Waals surface area contributed by atoms with Crippen molar-refractivity contribution in [3.63, 3.8) is 0 Å². The molecule has 2 unspecified atom stereocenters. The number of hydrogen-bond donors (Lipinski definition) is 3. The molecular weight excluding hydrogens is 1200 g/mol. The fourth-order valence-corrected chi connectivity index (χ4v) is 12.5. The van der Waals surface area contributed by atoms with Gasteiger partial charge in [0.25, 0.3) is 0 Å². The largest absolute Gasteiger partial charge is 0.472 e. The Hall–Kier alpha value is -1.94. The van der Waals surface area contributed by atoms with Crippen molar-refractivity contribution in [2.75, 3.05) is 39.6 Å². The van der Waals surface area contributed by atoms with Crippen LogP contribution >= 0.6 is 15.6 Å². The van der Waals surface area contributed by atoms with Gasteiger partial charge in [-0.25, -0.2) is 9.13 Å². The van der Waals surface area contributed by atoms with Crippen molar-refractivity contribution in [2.45, 2.75) is 381 Å². The molecule has 0 aliphatic heterocycles. The summed E-state index contributed by atoms with van der Waals surface area (Å²) in [5.74, 6) is 0.154. The molecule has 0 rings (SSSR count). The summed E-state index contributed by atoms with van der Waals surface area (Å²) in [5, 5.41) is 10.6. The number of aliphatic hydroxyl groups excluding tert-OH is 1. The summed E-state index contributed by atoms with van der Waals surface area (Å²) in [5.41, 5.74) is 0. The van der Waals surface area contributed by atoms with E-state index in [2.05, 4.69) is 48.5 Å². The van der Waals surface area contributed by atoms with E-state index in [0.29, 0.717) is 25.7 Å². The highest BCUT2D eigenvalue weighted by atomic mass is 31.2. The van der Waals surface area contributed by atoms with Crippen LogP contribution in [-0.2, 0) is 65.4 Å². The van der Waals surface area contributed by atoms with E-state index >= 15 is 0 Å². The van der Waals surface area contributed by atoms with Gasteiger partial charge in [0.2, 0.25) is 0 Å². The third kappa shape index (κ3) is 66.5. The lowest BCUT2D eigenvalue weighted by atomic mass is 10.0. The second kappa shape index (κ2) is 62.8. The Morgan fingerprint density at radius 2 is 0.505 bits per heavy atom. The van der Waals surface area contributed by atoms with Gasteiger partial charge in [0.15, 0.2) is 12.2 Å². The van der Waals surface area contributed by atoms with Gasteiger partial charge in [-0.15, -0.1) is 0 Å². The minimum atomic E-state index is -4.95. The monoisotopic (exact) mass is 1340 g/mol. The molecule has 0 amide bonds. The fourth-order valence-electron chi connectivity index (χ4n) is 10.9. The van der Waals surface area contributed by atoms with Crippen LogP contribution in [0.15, 0.2) is 0 Å². The van der Waals surface area contributed by atoms with Crippen LogP contribution in [0, 0.1) is 17.8 Å². The second-order valence-electron chi connectivity index (χ2n) is 27.4. The van der Waals surface area contributed by atoms with Crippen molar-refractivity contribution in [3.8, 4) is 0 Å². The summed E-state index contributed by atoms with van der Waals surface area (Å²) in [6, 6.07) is 0.